The van der Waals surface area contributed by atoms with Gasteiger partial charge in [-0.3, -0.25) is 0 Å². The summed E-state index contributed by atoms with van der Waals surface area (Å²) >= 11 is 0. The molecule has 0 aliphatic carbocycles. The zero-order chi connectivity index (χ0) is 65.5. The third-order valence-corrected chi connectivity index (χ3v) is 21.2. The standard InChI is InChI=1S/C96H60N4/c1-4-23-61(24-5-1)63-29-20-33-73(54-63)99-88-43-19-16-39-81(88)84-57-67-27-10-12-35-76(67)92(95(84)99)70-49-52-90-83(59-70)80-38-15-18-42-87(80)98(90)75-50-47-65-53-69(46-45-66(65)56-75)78-40-22-44-91-94(78)85-58-68-28-11-13-36-77(68)93(96(85)100(91)74-34-21-30-64(55-74)62-25-6-2-7-26-62)71-48-51-89-82(60-71)79-37-14-17-41-86(79)97(89)72-31-8-3-9-32-72/h1-60H. The molecule has 100 heavy (non-hydrogen) atoms. The van der Waals surface area contributed by atoms with Gasteiger partial charge in [0.1, 0.15) is 0 Å². The fourth-order valence-corrected chi connectivity index (χ4v) is 16.9. The Balaban J connectivity index is 0.735. The average Bonchev–Trinajstić information content (AvgIpc) is 1.55. The summed E-state index contributed by atoms with van der Waals surface area (Å²) in [4.78, 5) is 0. The Morgan fingerprint density at radius 2 is 0.550 bits per heavy atom. The molecule has 0 aliphatic heterocycles. The lowest BCUT2D eigenvalue weighted by molar-refractivity contribution is 1.18. The molecular weight excluding hydrogens is 1210 g/mol. The first-order valence-corrected chi connectivity index (χ1v) is 34.5. The second kappa shape index (κ2) is 22.1. The van der Waals surface area contributed by atoms with E-state index in [1.807, 2.05) is 0 Å². The lowest BCUT2D eigenvalue weighted by Crippen LogP contribution is -1.97. The molecule has 0 N–H and O–H groups in total. The Labute approximate surface area is 576 Å². The fraction of sp³-hybridized carbons (Fsp3) is 0. The predicted octanol–water partition coefficient (Wildman–Crippen LogP) is 25.9. The third-order valence-electron chi connectivity index (χ3n) is 21.2. The van der Waals surface area contributed by atoms with Crippen molar-refractivity contribution in [2.24, 2.45) is 0 Å². The number of para-hydroxylation sites is 4. The summed E-state index contributed by atoms with van der Waals surface area (Å²) < 4.78 is 9.93. The number of nitrogens with zero attached hydrogens (tertiary/aromatic N) is 4. The second-order valence-electron chi connectivity index (χ2n) is 26.7. The molecule has 0 saturated heterocycles. The van der Waals surface area contributed by atoms with Gasteiger partial charge >= 0.3 is 0 Å². The van der Waals surface area contributed by atoms with Crippen molar-refractivity contribution in [2.75, 3.05) is 0 Å². The fourth-order valence-electron chi connectivity index (χ4n) is 16.9. The third kappa shape index (κ3) is 8.54. The van der Waals surface area contributed by atoms with Crippen LogP contribution in [-0.4, -0.2) is 18.3 Å². The van der Waals surface area contributed by atoms with E-state index in [4.69, 9.17) is 0 Å². The first-order valence-electron chi connectivity index (χ1n) is 34.5. The Bertz CT molecular complexity index is 6940. The van der Waals surface area contributed by atoms with E-state index >= 15 is 0 Å². The van der Waals surface area contributed by atoms with E-state index in [9.17, 15) is 0 Å². The van der Waals surface area contributed by atoms with E-state index < -0.39 is 0 Å². The molecule has 4 aromatic heterocycles. The highest BCUT2D eigenvalue weighted by molar-refractivity contribution is 6.26. The lowest BCUT2D eigenvalue weighted by Gasteiger charge is -2.16. The highest BCUT2D eigenvalue weighted by Crippen LogP contribution is 2.49. The quantitative estimate of drug-likeness (QED) is 0.137. The number of benzene rings is 17. The maximum absolute atomic E-state index is 2.55. The highest BCUT2D eigenvalue weighted by atomic mass is 15.0. The van der Waals surface area contributed by atoms with Gasteiger partial charge in [-0.1, -0.05) is 249 Å². The molecule has 0 bridgehead atoms. The molecule has 0 saturated carbocycles. The van der Waals surface area contributed by atoms with Gasteiger partial charge in [-0.15, -0.1) is 0 Å². The van der Waals surface area contributed by atoms with Gasteiger partial charge < -0.3 is 18.3 Å². The average molecular weight is 1270 g/mol. The van der Waals surface area contributed by atoms with Crippen LogP contribution in [0.1, 0.15) is 0 Å². The first-order chi connectivity index (χ1) is 49.6. The zero-order valence-electron chi connectivity index (χ0n) is 54.4. The number of fused-ring (bicyclic) bond motifs is 15. The predicted molar refractivity (Wildman–Crippen MR) is 423 cm³/mol. The van der Waals surface area contributed by atoms with E-state index in [1.165, 1.54) is 164 Å². The molecule has 4 heterocycles. The van der Waals surface area contributed by atoms with Gasteiger partial charge in [0.15, 0.2) is 0 Å². The van der Waals surface area contributed by atoms with E-state index in [2.05, 4.69) is 382 Å². The van der Waals surface area contributed by atoms with Crippen molar-refractivity contribution in [2.45, 2.75) is 0 Å². The summed E-state index contributed by atoms with van der Waals surface area (Å²) in [7, 11) is 0. The van der Waals surface area contributed by atoms with Gasteiger partial charge in [0.25, 0.3) is 0 Å². The summed E-state index contributed by atoms with van der Waals surface area (Å²) in [5, 5.41) is 17.0. The van der Waals surface area contributed by atoms with Gasteiger partial charge in [0, 0.05) is 77.0 Å². The minimum Gasteiger partial charge on any atom is -0.309 e. The van der Waals surface area contributed by atoms with Crippen molar-refractivity contribution in [3.8, 4) is 78.4 Å². The molecule has 0 radical (unpaired) electrons. The summed E-state index contributed by atoms with van der Waals surface area (Å²) in [6, 6.07) is 135. The van der Waals surface area contributed by atoms with E-state index in [-0.39, 0.29) is 0 Å². The van der Waals surface area contributed by atoms with Gasteiger partial charge in [-0.25, -0.2) is 0 Å². The van der Waals surface area contributed by atoms with Crippen LogP contribution in [0.5, 0.6) is 0 Å². The smallest absolute Gasteiger partial charge is 0.0626 e. The van der Waals surface area contributed by atoms with E-state index in [1.54, 1.807) is 0 Å². The summed E-state index contributed by atoms with van der Waals surface area (Å²) in [6.07, 6.45) is 0. The molecule has 0 spiro atoms. The molecule has 0 aliphatic rings. The van der Waals surface area contributed by atoms with Gasteiger partial charge in [-0.05, 0) is 192 Å². The first kappa shape index (κ1) is 55.9. The minimum atomic E-state index is 1.11. The summed E-state index contributed by atoms with van der Waals surface area (Å²) in [6.45, 7) is 0. The van der Waals surface area contributed by atoms with Crippen LogP contribution in [0.25, 0.3) is 198 Å². The maximum atomic E-state index is 2.55. The normalized spacial score (nSPS) is 12.0. The molecule has 0 unspecified atom stereocenters. The molecule has 21 rings (SSSR count). The molecule has 17 aromatic carbocycles. The van der Waals surface area contributed by atoms with Crippen LogP contribution in [0.4, 0.5) is 0 Å². The minimum absolute atomic E-state index is 1.11. The molecule has 4 nitrogen and oxygen atoms in total. The topological polar surface area (TPSA) is 19.7 Å². The summed E-state index contributed by atoms with van der Waals surface area (Å²) in [5.41, 5.74) is 25.8. The van der Waals surface area contributed by atoms with E-state index in [0.717, 1.165) is 33.8 Å². The molecule has 0 atom stereocenters. The molecule has 0 amide bonds. The second-order valence-corrected chi connectivity index (χ2v) is 26.7. The molecular formula is C96H60N4. The molecule has 21 aromatic rings. The Morgan fingerprint density at radius 1 is 0.160 bits per heavy atom. The van der Waals surface area contributed by atoms with Crippen molar-refractivity contribution in [1.82, 2.24) is 18.3 Å². The van der Waals surface area contributed by atoms with Crippen molar-refractivity contribution in [3.05, 3.63) is 364 Å². The van der Waals surface area contributed by atoms with Crippen LogP contribution in [0.3, 0.4) is 0 Å². The Kier molecular flexibility index (Phi) is 12.4. The van der Waals surface area contributed by atoms with Crippen LogP contribution < -0.4 is 0 Å². The number of aromatic nitrogens is 4. The van der Waals surface area contributed by atoms with Crippen molar-refractivity contribution < 1.29 is 0 Å². The SMILES string of the molecule is c1ccc(-c2cccc(-n3c4ccccc4c4cc5ccccc5c(-c5ccc6c(c5)c5ccccc5n6-c5ccc6cc(-c7cccc8c7c7cc9ccccc9c(-c9ccc%10c(c9)c9ccccc9n%10-c9ccccc9)c7n8-c7cccc(-c8ccccc8)c7)ccc6c5)c43)c2)cc1. The van der Waals surface area contributed by atoms with Crippen LogP contribution in [0, 0.1) is 0 Å². The molecule has 4 heteroatoms. The Hall–Kier alpha value is -13.3. The highest BCUT2D eigenvalue weighted by Gasteiger charge is 2.26. The van der Waals surface area contributed by atoms with Crippen LogP contribution in [0.2, 0.25) is 0 Å². The van der Waals surface area contributed by atoms with Crippen LogP contribution in [-0.2, 0) is 0 Å². The van der Waals surface area contributed by atoms with Crippen molar-refractivity contribution in [3.63, 3.8) is 0 Å². The summed E-state index contributed by atoms with van der Waals surface area (Å²) in [5.74, 6) is 0. The van der Waals surface area contributed by atoms with Crippen molar-refractivity contribution >= 4 is 120 Å². The molecule has 464 valence electrons. The van der Waals surface area contributed by atoms with Gasteiger partial charge in [-0.2, -0.15) is 0 Å². The number of rotatable bonds is 9. The molecule has 0 fully saturated rings. The van der Waals surface area contributed by atoms with Gasteiger partial charge in [0.05, 0.1) is 44.1 Å². The largest absolute Gasteiger partial charge is 0.309 e. The number of hydrogen-bond acceptors (Lipinski definition) is 0. The van der Waals surface area contributed by atoms with Crippen molar-refractivity contribution in [1.29, 1.82) is 0 Å². The van der Waals surface area contributed by atoms with E-state index in [0.29, 0.717) is 0 Å². The van der Waals surface area contributed by atoms with Crippen LogP contribution in [0.15, 0.2) is 364 Å². The maximum Gasteiger partial charge on any atom is 0.0626 e. The number of hydrogen-bond donors (Lipinski definition) is 0. The lowest BCUT2D eigenvalue weighted by atomic mass is 9.92. The van der Waals surface area contributed by atoms with Gasteiger partial charge in [0.2, 0.25) is 0 Å². The zero-order valence-corrected chi connectivity index (χ0v) is 54.4. The van der Waals surface area contributed by atoms with Crippen LogP contribution >= 0.6 is 0 Å². The monoisotopic (exact) mass is 1270 g/mol. The Morgan fingerprint density at radius 3 is 1.14 bits per heavy atom.